The average Bonchev–Trinajstić information content (AvgIpc) is 1.80. The third-order valence-corrected chi connectivity index (χ3v) is 1.89. The molecule has 0 aromatic rings. The zero-order valence-corrected chi connectivity index (χ0v) is 7.84. The maximum atomic E-state index is 2.77. The van der Waals surface area contributed by atoms with Crippen LogP contribution in [0.15, 0.2) is 0 Å². The van der Waals surface area contributed by atoms with E-state index in [1.165, 1.54) is 31.0 Å². The Kier molecular flexibility index (Phi) is 7.04. The molecule has 0 amide bonds. The fourth-order valence-corrected chi connectivity index (χ4v) is 1.16. The van der Waals surface area contributed by atoms with Gasteiger partial charge in [-0.2, -0.15) is 0 Å². The Balaban J connectivity index is 2.75. The molecule has 0 heterocycles. The van der Waals surface area contributed by atoms with Crippen LogP contribution in [0.5, 0.6) is 0 Å². The summed E-state index contributed by atoms with van der Waals surface area (Å²) in [5.74, 6) is 0.898. The van der Waals surface area contributed by atoms with Crippen LogP contribution in [-0.4, -0.2) is 16.3 Å². The minimum atomic E-state index is 0.898. The first-order valence-electron chi connectivity index (χ1n) is 3.97. The fraction of sp³-hybridized carbons (Fsp3) is 1.00. The van der Waals surface area contributed by atoms with Crippen LogP contribution in [0, 0.1) is 5.92 Å². The van der Waals surface area contributed by atoms with Crippen molar-refractivity contribution in [3.05, 3.63) is 0 Å². The molecule has 1 heteroatoms. The standard InChI is InChI=1S/C8H17.Al/c1-4-5-6-7-8(2)3;/h8H,1,4-7H2,2-3H3;/q;+2. The summed E-state index contributed by atoms with van der Waals surface area (Å²) in [6.07, 6.45) is 5.63. The second-order valence-corrected chi connectivity index (χ2v) is 3.61. The molecule has 50 valence electrons. The van der Waals surface area contributed by atoms with Crippen molar-refractivity contribution in [2.24, 2.45) is 5.92 Å². The van der Waals surface area contributed by atoms with Gasteiger partial charge in [-0.3, -0.25) is 0 Å². The summed E-state index contributed by atoms with van der Waals surface area (Å²) in [6.45, 7) is 4.58. The quantitative estimate of drug-likeness (QED) is 0.407. The first-order valence-corrected chi connectivity index (χ1v) is 4.79. The number of unbranched alkanes of at least 4 members (excludes halogenated alkanes) is 2. The van der Waals surface area contributed by atoms with Crippen molar-refractivity contribution in [1.82, 2.24) is 0 Å². The van der Waals surface area contributed by atoms with Crippen LogP contribution in [0.4, 0.5) is 0 Å². The van der Waals surface area contributed by atoms with E-state index in [2.05, 4.69) is 30.1 Å². The monoisotopic (exact) mass is 140 g/mol. The van der Waals surface area contributed by atoms with Gasteiger partial charge in [0.2, 0.25) is 0 Å². The summed E-state index contributed by atoms with van der Waals surface area (Å²) in [4.78, 5) is 0. The van der Waals surface area contributed by atoms with Gasteiger partial charge in [0.25, 0.3) is 0 Å². The van der Waals surface area contributed by atoms with E-state index in [-0.39, 0.29) is 0 Å². The topological polar surface area (TPSA) is 0 Å². The molecule has 0 nitrogen and oxygen atoms in total. The van der Waals surface area contributed by atoms with Gasteiger partial charge in [-0.25, -0.2) is 0 Å². The van der Waals surface area contributed by atoms with Crippen LogP contribution in [0.25, 0.3) is 0 Å². The van der Waals surface area contributed by atoms with Gasteiger partial charge in [0.1, 0.15) is 0 Å². The molecule has 0 unspecified atom stereocenters. The van der Waals surface area contributed by atoms with Gasteiger partial charge in [-0.1, -0.05) is 0 Å². The van der Waals surface area contributed by atoms with Crippen molar-refractivity contribution in [2.75, 3.05) is 0 Å². The zero-order chi connectivity index (χ0) is 7.11. The first-order chi connectivity index (χ1) is 4.27. The zero-order valence-electron chi connectivity index (χ0n) is 6.69. The summed E-state index contributed by atoms with van der Waals surface area (Å²) in [5.41, 5.74) is 0. The van der Waals surface area contributed by atoms with E-state index in [0.29, 0.717) is 0 Å². The maximum absolute atomic E-state index is 2.77. The van der Waals surface area contributed by atoms with Gasteiger partial charge >= 0.3 is 67.0 Å². The van der Waals surface area contributed by atoms with Crippen molar-refractivity contribution in [2.45, 2.75) is 44.8 Å². The number of rotatable bonds is 5. The Morgan fingerprint density at radius 3 is 2.22 bits per heavy atom. The van der Waals surface area contributed by atoms with E-state index in [0.717, 1.165) is 5.92 Å². The molecule has 9 heavy (non-hydrogen) atoms. The fourth-order valence-electron chi connectivity index (χ4n) is 0.874. The van der Waals surface area contributed by atoms with E-state index in [1.807, 2.05) is 0 Å². The molecule has 0 spiro atoms. The van der Waals surface area contributed by atoms with E-state index in [4.69, 9.17) is 0 Å². The van der Waals surface area contributed by atoms with Crippen molar-refractivity contribution in [3.63, 3.8) is 0 Å². The Morgan fingerprint density at radius 2 is 1.78 bits per heavy atom. The molecule has 0 aliphatic rings. The van der Waals surface area contributed by atoms with Gasteiger partial charge in [-0.15, -0.1) is 0 Å². The molecule has 0 aromatic carbocycles. The minimum absolute atomic E-state index is 0.898. The van der Waals surface area contributed by atoms with Crippen LogP contribution < -0.4 is 0 Å². The van der Waals surface area contributed by atoms with Crippen molar-refractivity contribution in [1.29, 1.82) is 0 Å². The molecule has 0 aliphatic heterocycles. The second kappa shape index (κ2) is 6.65. The third-order valence-electron chi connectivity index (χ3n) is 1.49. The summed E-state index contributed by atoms with van der Waals surface area (Å²) >= 11 is 2.77. The van der Waals surface area contributed by atoms with Crippen LogP contribution in [-0.2, 0) is 0 Å². The molecular weight excluding hydrogens is 123 g/mol. The third kappa shape index (κ3) is 8.53. The summed E-state index contributed by atoms with van der Waals surface area (Å²) in [6, 6.07) is 0. The Bertz CT molecular complexity index is 50.5. The predicted molar refractivity (Wildman–Crippen MR) is 43.9 cm³/mol. The molecule has 0 saturated carbocycles. The van der Waals surface area contributed by atoms with E-state index >= 15 is 0 Å². The molecule has 0 saturated heterocycles. The normalized spacial score (nSPS) is 10.8. The summed E-state index contributed by atoms with van der Waals surface area (Å²) in [7, 11) is 0. The number of hydrogen-bond acceptors (Lipinski definition) is 0. The predicted octanol–water partition coefficient (Wildman–Crippen LogP) is 2.79. The molecule has 0 aromatic heterocycles. The Hall–Kier alpha value is 0.532. The Labute approximate surface area is 67.5 Å². The van der Waals surface area contributed by atoms with Crippen molar-refractivity contribution < 1.29 is 0 Å². The molecule has 0 radical (unpaired) electrons. The van der Waals surface area contributed by atoms with Crippen LogP contribution in [0.3, 0.4) is 0 Å². The van der Waals surface area contributed by atoms with Gasteiger partial charge in [0, 0.05) is 0 Å². The first kappa shape index (κ1) is 9.53. The van der Waals surface area contributed by atoms with Crippen molar-refractivity contribution in [3.8, 4) is 0 Å². The van der Waals surface area contributed by atoms with Crippen molar-refractivity contribution >= 4 is 16.3 Å². The molecule has 0 N–H and O–H groups in total. The molecule has 0 atom stereocenters. The molecule has 0 aliphatic carbocycles. The molecule has 0 rings (SSSR count). The second-order valence-electron chi connectivity index (χ2n) is 3.03. The molecule has 0 bridgehead atoms. The van der Waals surface area contributed by atoms with E-state index in [1.54, 1.807) is 0 Å². The van der Waals surface area contributed by atoms with Gasteiger partial charge in [-0.05, 0) is 0 Å². The molecular formula is C8H17Al+2. The molecule has 0 fully saturated rings. The van der Waals surface area contributed by atoms with Crippen LogP contribution >= 0.6 is 0 Å². The van der Waals surface area contributed by atoms with Crippen LogP contribution in [0.2, 0.25) is 5.28 Å². The SMILES string of the molecule is CC(C)CCCC[CH2][Al+2]. The van der Waals surface area contributed by atoms with E-state index in [9.17, 15) is 0 Å². The number of hydrogen-bond donors (Lipinski definition) is 0. The summed E-state index contributed by atoms with van der Waals surface area (Å²) < 4.78 is 0. The van der Waals surface area contributed by atoms with Gasteiger partial charge in [0.05, 0.1) is 0 Å². The Morgan fingerprint density at radius 1 is 1.11 bits per heavy atom. The van der Waals surface area contributed by atoms with E-state index < -0.39 is 0 Å². The van der Waals surface area contributed by atoms with Gasteiger partial charge < -0.3 is 0 Å². The summed E-state index contributed by atoms with van der Waals surface area (Å²) in [5, 5.41) is 1.28. The van der Waals surface area contributed by atoms with Gasteiger partial charge in [0.15, 0.2) is 0 Å². The van der Waals surface area contributed by atoms with Crippen LogP contribution in [0.1, 0.15) is 39.5 Å². The average molecular weight is 140 g/mol.